The molecule has 4 rings (SSSR count). The first-order valence-electron chi connectivity index (χ1n) is 8.61. The molecule has 0 saturated heterocycles. The Hall–Kier alpha value is -3.48. The summed E-state index contributed by atoms with van der Waals surface area (Å²) in [4.78, 5) is 8.29. The average molecular weight is 363 g/mol. The molecule has 0 aliphatic rings. The molecule has 0 atom stereocenters. The molecule has 27 heavy (non-hydrogen) atoms. The van der Waals surface area contributed by atoms with E-state index in [4.69, 9.17) is 4.52 Å². The molecule has 0 aliphatic heterocycles. The first kappa shape index (κ1) is 17.0. The number of fused-ring (bicyclic) bond motifs is 1. The van der Waals surface area contributed by atoms with Gasteiger partial charge in [-0.15, -0.1) is 0 Å². The number of benzene rings is 1. The number of aryl methyl sites for hydroxylation is 1. The molecular weight excluding hydrogens is 345 g/mol. The van der Waals surface area contributed by atoms with Gasteiger partial charge in [0.25, 0.3) is 0 Å². The predicted octanol–water partition coefficient (Wildman–Crippen LogP) is 4.46. The van der Waals surface area contributed by atoms with E-state index in [9.17, 15) is 4.39 Å². The van der Waals surface area contributed by atoms with E-state index in [2.05, 4.69) is 25.8 Å². The molecule has 2 N–H and O–H groups in total. The number of anilines is 3. The number of halogens is 1. The molecule has 7 heteroatoms. The molecule has 0 bridgehead atoms. The van der Waals surface area contributed by atoms with E-state index in [-0.39, 0.29) is 5.58 Å². The fraction of sp³-hybridized carbons (Fsp3) is 0.150. The fourth-order valence-electron chi connectivity index (χ4n) is 2.76. The van der Waals surface area contributed by atoms with Crippen LogP contribution in [0.15, 0.2) is 59.5 Å². The standard InChI is InChI=1S/C20H18FN5O/c1-13-4-5-15(12-24-13)25-20-16-6-7-17(18(21)19(16)27-26-20)23-10-8-14-3-2-9-22-11-14/h2-7,9,11-12,23H,8,10H2,1H3,(H,25,26). The number of hydrogen-bond acceptors (Lipinski definition) is 6. The van der Waals surface area contributed by atoms with E-state index in [0.717, 1.165) is 23.4 Å². The highest BCUT2D eigenvalue weighted by Crippen LogP contribution is 2.31. The normalized spacial score (nSPS) is 10.9. The van der Waals surface area contributed by atoms with Gasteiger partial charge in [-0.25, -0.2) is 4.39 Å². The molecule has 6 nitrogen and oxygen atoms in total. The number of rotatable bonds is 6. The van der Waals surface area contributed by atoms with Crippen molar-refractivity contribution in [1.29, 1.82) is 0 Å². The van der Waals surface area contributed by atoms with Crippen molar-refractivity contribution in [3.05, 3.63) is 72.1 Å². The van der Waals surface area contributed by atoms with Crippen molar-refractivity contribution in [3.63, 3.8) is 0 Å². The van der Waals surface area contributed by atoms with Crippen molar-refractivity contribution in [2.75, 3.05) is 17.2 Å². The van der Waals surface area contributed by atoms with Gasteiger partial charge in [-0.3, -0.25) is 9.97 Å². The molecule has 136 valence electrons. The lowest BCUT2D eigenvalue weighted by Crippen LogP contribution is -2.06. The zero-order chi connectivity index (χ0) is 18.6. The van der Waals surface area contributed by atoms with Gasteiger partial charge in [-0.05, 0) is 49.2 Å². The van der Waals surface area contributed by atoms with Gasteiger partial charge in [-0.2, -0.15) is 0 Å². The average Bonchev–Trinajstić information content (AvgIpc) is 3.10. The van der Waals surface area contributed by atoms with Gasteiger partial charge in [-0.1, -0.05) is 11.2 Å². The maximum atomic E-state index is 14.8. The Morgan fingerprint density at radius 2 is 2.04 bits per heavy atom. The van der Waals surface area contributed by atoms with Gasteiger partial charge in [0.05, 0.1) is 23.0 Å². The smallest absolute Gasteiger partial charge is 0.206 e. The van der Waals surface area contributed by atoms with Gasteiger partial charge in [0.15, 0.2) is 11.6 Å². The van der Waals surface area contributed by atoms with Crippen LogP contribution in [0.3, 0.4) is 0 Å². The van der Waals surface area contributed by atoms with Crippen LogP contribution in [0, 0.1) is 12.7 Å². The molecule has 4 aromatic rings. The number of hydrogen-bond donors (Lipinski definition) is 2. The van der Waals surface area contributed by atoms with E-state index in [1.165, 1.54) is 0 Å². The highest BCUT2D eigenvalue weighted by Gasteiger charge is 2.16. The summed E-state index contributed by atoms with van der Waals surface area (Å²) in [6.45, 7) is 2.50. The second-order valence-corrected chi connectivity index (χ2v) is 6.19. The molecule has 0 radical (unpaired) electrons. The van der Waals surface area contributed by atoms with Crippen LogP contribution in [-0.2, 0) is 6.42 Å². The Kier molecular flexibility index (Phi) is 4.65. The molecule has 0 saturated carbocycles. The molecule has 0 spiro atoms. The van der Waals surface area contributed by atoms with Crippen LogP contribution < -0.4 is 10.6 Å². The van der Waals surface area contributed by atoms with E-state index < -0.39 is 5.82 Å². The summed E-state index contributed by atoms with van der Waals surface area (Å²) in [6.07, 6.45) is 5.97. The fourth-order valence-corrected chi connectivity index (χ4v) is 2.76. The Balaban J connectivity index is 1.50. The van der Waals surface area contributed by atoms with Crippen molar-refractivity contribution < 1.29 is 8.91 Å². The lowest BCUT2D eigenvalue weighted by Gasteiger charge is -2.08. The van der Waals surface area contributed by atoms with Gasteiger partial charge < -0.3 is 15.2 Å². The van der Waals surface area contributed by atoms with E-state index in [1.54, 1.807) is 30.7 Å². The van der Waals surface area contributed by atoms with E-state index in [1.807, 2.05) is 31.2 Å². The molecular formula is C20H18FN5O. The van der Waals surface area contributed by atoms with Gasteiger partial charge in [0, 0.05) is 24.6 Å². The zero-order valence-electron chi connectivity index (χ0n) is 14.7. The Labute approximate surface area is 155 Å². The molecule has 0 amide bonds. The van der Waals surface area contributed by atoms with Crippen molar-refractivity contribution in [2.24, 2.45) is 0 Å². The van der Waals surface area contributed by atoms with Gasteiger partial charge >= 0.3 is 0 Å². The highest BCUT2D eigenvalue weighted by atomic mass is 19.1. The molecule has 1 aromatic carbocycles. The van der Waals surface area contributed by atoms with Crippen LogP contribution in [-0.4, -0.2) is 21.7 Å². The zero-order valence-corrected chi connectivity index (χ0v) is 14.7. The first-order valence-corrected chi connectivity index (χ1v) is 8.61. The SMILES string of the molecule is Cc1ccc(Nc2noc3c(F)c(NCCc4cccnc4)ccc23)cn1. The maximum absolute atomic E-state index is 14.8. The number of aromatic nitrogens is 3. The van der Waals surface area contributed by atoms with Crippen LogP contribution in [0.4, 0.5) is 21.6 Å². The highest BCUT2D eigenvalue weighted by molar-refractivity contribution is 5.92. The third kappa shape index (κ3) is 3.72. The quantitative estimate of drug-likeness (QED) is 0.527. The van der Waals surface area contributed by atoms with Crippen molar-refractivity contribution >= 4 is 28.2 Å². The monoisotopic (exact) mass is 363 g/mol. The van der Waals surface area contributed by atoms with Crippen molar-refractivity contribution in [3.8, 4) is 0 Å². The molecule has 3 aromatic heterocycles. The lowest BCUT2D eigenvalue weighted by molar-refractivity contribution is 0.444. The minimum atomic E-state index is -0.457. The predicted molar refractivity (Wildman–Crippen MR) is 103 cm³/mol. The summed E-state index contributed by atoms with van der Waals surface area (Å²) < 4.78 is 20.0. The Bertz CT molecular complexity index is 1050. The minimum Gasteiger partial charge on any atom is -0.382 e. The van der Waals surface area contributed by atoms with Gasteiger partial charge in [0.2, 0.25) is 5.58 Å². The number of pyridine rings is 2. The minimum absolute atomic E-state index is 0.115. The third-order valence-corrected chi connectivity index (χ3v) is 4.21. The topological polar surface area (TPSA) is 75.9 Å². The third-order valence-electron chi connectivity index (χ3n) is 4.21. The van der Waals surface area contributed by atoms with Crippen molar-refractivity contribution in [2.45, 2.75) is 13.3 Å². The number of nitrogens with one attached hydrogen (secondary N) is 2. The van der Waals surface area contributed by atoms with Crippen LogP contribution in [0.2, 0.25) is 0 Å². The largest absolute Gasteiger partial charge is 0.382 e. The first-order chi connectivity index (χ1) is 13.2. The molecule has 3 heterocycles. The molecule has 0 fully saturated rings. The van der Waals surface area contributed by atoms with Gasteiger partial charge in [0.1, 0.15) is 0 Å². The molecule has 0 unspecified atom stereocenters. The summed E-state index contributed by atoms with van der Waals surface area (Å²) in [5.74, 6) is -0.00210. The van der Waals surface area contributed by atoms with Crippen LogP contribution in [0.1, 0.15) is 11.3 Å². The van der Waals surface area contributed by atoms with Crippen LogP contribution in [0.25, 0.3) is 11.0 Å². The van der Waals surface area contributed by atoms with E-state index in [0.29, 0.717) is 23.4 Å². The van der Waals surface area contributed by atoms with Crippen LogP contribution in [0.5, 0.6) is 0 Å². The Morgan fingerprint density at radius 1 is 1.11 bits per heavy atom. The molecule has 0 aliphatic carbocycles. The maximum Gasteiger partial charge on any atom is 0.206 e. The van der Waals surface area contributed by atoms with Crippen LogP contribution >= 0.6 is 0 Å². The lowest BCUT2D eigenvalue weighted by atomic mass is 10.2. The van der Waals surface area contributed by atoms with E-state index >= 15 is 0 Å². The summed E-state index contributed by atoms with van der Waals surface area (Å²) >= 11 is 0. The number of nitrogens with zero attached hydrogens (tertiary/aromatic N) is 3. The second-order valence-electron chi connectivity index (χ2n) is 6.19. The van der Waals surface area contributed by atoms with Crippen molar-refractivity contribution in [1.82, 2.24) is 15.1 Å². The Morgan fingerprint density at radius 3 is 2.81 bits per heavy atom. The second kappa shape index (κ2) is 7.41. The summed E-state index contributed by atoms with van der Waals surface area (Å²) in [7, 11) is 0. The summed E-state index contributed by atoms with van der Waals surface area (Å²) in [6, 6.07) is 11.1. The summed E-state index contributed by atoms with van der Waals surface area (Å²) in [5.41, 5.74) is 3.26. The summed E-state index contributed by atoms with van der Waals surface area (Å²) in [5, 5.41) is 10.7.